The zero-order valence-electron chi connectivity index (χ0n) is 10.6. The Labute approximate surface area is 123 Å². The van der Waals surface area contributed by atoms with Crippen molar-refractivity contribution in [2.45, 2.75) is 13.5 Å². The van der Waals surface area contributed by atoms with Gasteiger partial charge in [-0.1, -0.05) is 0 Å². The molecule has 3 aromatic rings. The summed E-state index contributed by atoms with van der Waals surface area (Å²) in [5, 5.41) is 1.10. The van der Waals surface area contributed by atoms with E-state index in [1.54, 1.807) is 17.7 Å². The van der Waals surface area contributed by atoms with Crippen LogP contribution in [-0.2, 0) is 6.54 Å². The summed E-state index contributed by atoms with van der Waals surface area (Å²) in [4.78, 5) is 13.0. The van der Waals surface area contributed by atoms with Gasteiger partial charge < -0.3 is 9.32 Å². The minimum absolute atomic E-state index is 0.673. The lowest BCUT2D eigenvalue weighted by Gasteiger charge is -2.17. The first kappa shape index (κ1) is 12.6. The van der Waals surface area contributed by atoms with Crippen molar-refractivity contribution in [1.29, 1.82) is 0 Å². The van der Waals surface area contributed by atoms with Crippen LogP contribution in [0.4, 0.5) is 5.82 Å². The Morgan fingerprint density at radius 2 is 2.21 bits per heavy atom. The summed E-state index contributed by atoms with van der Waals surface area (Å²) in [5.41, 5.74) is 0. The van der Waals surface area contributed by atoms with Crippen molar-refractivity contribution >= 4 is 43.3 Å². The lowest BCUT2D eigenvalue weighted by molar-refractivity contribution is 0.486. The number of anilines is 1. The maximum absolute atomic E-state index is 5.53. The minimum atomic E-state index is 0.673. The Bertz CT molecular complexity index is 722. The first-order chi connectivity index (χ1) is 9.13. The summed E-state index contributed by atoms with van der Waals surface area (Å²) < 4.78 is 6.27. The van der Waals surface area contributed by atoms with Crippen LogP contribution < -0.4 is 4.90 Å². The molecule has 3 aromatic heterocycles. The van der Waals surface area contributed by atoms with Crippen LogP contribution in [0.2, 0.25) is 0 Å². The number of thiophene rings is 1. The van der Waals surface area contributed by atoms with Crippen molar-refractivity contribution < 1.29 is 4.42 Å². The number of rotatable bonds is 3. The van der Waals surface area contributed by atoms with Crippen LogP contribution in [0.15, 0.2) is 33.6 Å². The molecule has 0 spiro atoms. The Morgan fingerprint density at radius 1 is 1.37 bits per heavy atom. The Hall–Kier alpha value is -1.40. The lowest BCUT2D eigenvalue weighted by Crippen LogP contribution is -2.17. The van der Waals surface area contributed by atoms with Gasteiger partial charge in [0.1, 0.15) is 22.7 Å². The molecule has 0 fully saturated rings. The fraction of sp³-hybridized carbons (Fsp3) is 0.231. The van der Waals surface area contributed by atoms with Gasteiger partial charge in [0.25, 0.3) is 0 Å². The molecule has 0 radical (unpaired) electrons. The van der Waals surface area contributed by atoms with Gasteiger partial charge in [0.15, 0.2) is 4.67 Å². The largest absolute Gasteiger partial charge is 0.452 e. The third kappa shape index (κ3) is 2.50. The molecule has 0 aliphatic heterocycles. The van der Waals surface area contributed by atoms with Gasteiger partial charge in [0, 0.05) is 11.9 Å². The SMILES string of the molecule is Cc1cc2c(N(C)Cc3ccc(Br)o3)ncnc2s1. The molecule has 19 heavy (non-hydrogen) atoms. The highest BCUT2D eigenvalue weighted by atomic mass is 79.9. The first-order valence-corrected chi connectivity index (χ1v) is 7.41. The van der Waals surface area contributed by atoms with Gasteiger partial charge in [0.2, 0.25) is 0 Å². The molecule has 98 valence electrons. The quantitative estimate of drug-likeness (QED) is 0.724. The van der Waals surface area contributed by atoms with E-state index in [0.29, 0.717) is 6.54 Å². The fourth-order valence-corrected chi connectivity index (χ4v) is 3.19. The van der Waals surface area contributed by atoms with E-state index in [-0.39, 0.29) is 0 Å². The highest BCUT2D eigenvalue weighted by Gasteiger charge is 2.12. The predicted molar refractivity (Wildman–Crippen MR) is 80.7 cm³/mol. The van der Waals surface area contributed by atoms with Crippen molar-refractivity contribution in [3.63, 3.8) is 0 Å². The molecule has 0 saturated carbocycles. The number of hydrogen-bond donors (Lipinski definition) is 0. The molecule has 0 unspecified atom stereocenters. The molecule has 0 aromatic carbocycles. The summed E-state index contributed by atoms with van der Waals surface area (Å²) in [6.07, 6.45) is 1.61. The van der Waals surface area contributed by atoms with Crippen LogP contribution in [0.25, 0.3) is 10.2 Å². The van der Waals surface area contributed by atoms with Crippen molar-refractivity contribution in [3.8, 4) is 0 Å². The highest BCUT2D eigenvalue weighted by Crippen LogP contribution is 2.30. The molecule has 0 aliphatic rings. The Morgan fingerprint density at radius 3 is 2.95 bits per heavy atom. The number of aromatic nitrogens is 2. The third-order valence-electron chi connectivity index (χ3n) is 2.82. The van der Waals surface area contributed by atoms with Gasteiger partial charge in [-0.25, -0.2) is 9.97 Å². The average Bonchev–Trinajstić information content (AvgIpc) is 2.93. The van der Waals surface area contributed by atoms with E-state index in [1.165, 1.54) is 4.88 Å². The van der Waals surface area contributed by atoms with Crippen molar-refractivity contribution in [1.82, 2.24) is 9.97 Å². The van der Waals surface area contributed by atoms with E-state index < -0.39 is 0 Å². The van der Waals surface area contributed by atoms with Gasteiger partial charge in [-0.05, 0) is 41.1 Å². The third-order valence-corrected chi connectivity index (χ3v) is 4.20. The second-order valence-corrected chi connectivity index (χ2v) is 6.35. The molecule has 0 bridgehead atoms. The van der Waals surface area contributed by atoms with Gasteiger partial charge in [-0.2, -0.15) is 0 Å². The van der Waals surface area contributed by atoms with E-state index in [4.69, 9.17) is 4.42 Å². The Kier molecular flexibility index (Phi) is 3.28. The molecular formula is C13H12BrN3OS. The number of hydrogen-bond acceptors (Lipinski definition) is 5. The summed E-state index contributed by atoms with van der Waals surface area (Å²) in [6.45, 7) is 2.76. The van der Waals surface area contributed by atoms with E-state index in [2.05, 4.69) is 43.8 Å². The van der Waals surface area contributed by atoms with Crippen LogP contribution in [0, 0.1) is 6.92 Å². The predicted octanol–water partition coefficient (Wildman–Crippen LogP) is 3.99. The molecule has 0 N–H and O–H groups in total. The van der Waals surface area contributed by atoms with Crippen molar-refractivity contribution in [3.05, 3.63) is 39.8 Å². The normalized spacial score (nSPS) is 11.1. The van der Waals surface area contributed by atoms with Crippen LogP contribution in [0.3, 0.4) is 0 Å². The van der Waals surface area contributed by atoms with E-state index in [9.17, 15) is 0 Å². The van der Waals surface area contributed by atoms with E-state index >= 15 is 0 Å². The molecule has 4 nitrogen and oxygen atoms in total. The maximum Gasteiger partial charge on any atom is 0.169 e. The topological polar surface area (TPSA) is 42.2 Å². The van der Waals surface area contributed by atoms with E-state index in [0.717, 1.165) is 26.5 Å². The average molecular weight is 338 g/mol. The molecular weight excluding hydrogens is 326 g/mol. The summed E-state index contributed by atoms with van der Waals surface area (Å²) >= 11 is 5.00. The van der Waals surface area contributed by atoms with Crippen molar-refractivity contribution in [2.24, 2.45) is 0 Å². The lowest BCUT2D eigenvalue weighted by atomic mass is 10.3. The molecule has 0 atom stereocenters. The first-order valence-electron chi connectivity index (χ1n) is 5.80. The van der Waals surface area contributed by atoms with Gasteiger partial charge in [0.05, 0.1) is 11.9 Å². The van der Waals surface area contributed by atoms with Gasteiger partial charge >= 0.3 is 0 Å². The molecule has 0 saturated heterocycles. The Balaban J connectivity index is 1.94. The van der Waals surface area contributed by atoms with Crippen molar-refractivity contribution in [2.75, 3.05) is 11.9 Å². The fourth-order valence-electron chi connectivity index (χ4n) is 2.01. The van der Waals surface area contributed by atoms with Gasteiger partial charge in [-0.3, -0.25) is 0 Å². The van der Waals surface area contributed by atoms with Crippen LogP contribution >= 0.6 is 27.3 Å². The number of aryl methyl sites for hydroxylation is 1. The minimum Gasteiger partial charge on any atom is -0.452 e. The highest BCUT2D eigenvalue weighted by molar-refractivity contribution is 9.10. The summed E-state index contributed by atoms with van der Waals surface area (Å²) in [7, 11) is 2.01. The number of fused-ring (bicyclic) bond motifs is 1. The summed E-state index contributed by atoms with van der Waals surface area (Å²) in [5.74, 6) is 1.83. The number of halogens is 1. The number of nitrogens with zero attached hydrogens (tertiary/aromatic N) is 3. The molecule has 0 amide bonds. The maximum atomic E-state index is 5.53. The summed E-state index contributed by atoms with van der Waals surface area (Å²) in [6, 6.07) is 5.98. The van der Waals surface area contributed by atoms with Crippen LogP contribution in [0.5, 0.6) is 0 Å². The molecule has 0 aliphatic carbocycles. The molecule has 3 heterocycles. The second-order valence-electron chi connectivity index (χ2n) is 4.34. The van der Waals surface area contributed by atoms with Crippen LogP contribution in [-0.4, -0.2) is 17.0 Å². The monoisotopic (exact) mass is 337 g/mol. The number of furan rings is 1. The smallest absolute Gasteiger partial charge is 0.169 e. The second kappa shape index (κ2) is 4.94. The van der Waals surface area contributed by atoms with Crippen LogP contribution in [0.1, 0.15) is 10.6 Å². The molecule has 6 heteroatoms. The zero-order valence-corrected chi connectivity index (χ0v) is 13.0. The zero-order chi connectivity index (χ0) is 13.4. The standard InChI is InChI=1S/C13H12BrN3OS/c1-8-5-10-12(15-7-16-13(10)19-8)17(2)6-9-3-4-11(14)18-9/h3-5,7H,6H2,1-2H3. The molecule has 3 rings (SSSR count). The van der Waals surface area contributed by atoms with E-state index in [1.807, 2.05) is 19.2 Å². The van der Waals surface area contributed by atoms with Gasteiger partial charge in [-0.15, -0.1) is 11.3 Å².